The Hall–Kier alpha value is -3.20. The number of hydrogen-bond donors (Lipinski definition) is 3. The first-order valence-corrected chi connectivity index (χ1v) is 13.2. The molecular weight excluding hydrogens is 470 g/mol. The van der Waals surface area contributed by atoms with Gasteiger partial charge in [0.25, 0.3) is 0 Å². The van der Waals surface area contributed by atoms with E-state index < -0.39 is 17.4 Å². The number of aromatic nitrogens is 2. The van der Waals surface area contributed by atoms with Crippen LogP contribution in [-0.4, -0.2) is 69.3 Å². The van der Waals surface area contributed by atoms with Gasteiger partial charge in [-0.2, -0.15) is 5.10 Å². The number of hydroxylamine groups is 2. The molecule has 2 aromatic rings. The lowest BCUT2D eigenvalue weighted by Gasteiger charge is -2.38. The SMILES string of the molecule is CCCC[C@H](CN(O)C=O)C(=O)N[C@H](C(=O)N1CCC(c2cc(-c3ccccc3)n[nH]2)CC1)C(C)(C)C. The van der Waals surface area contributed by atoms with Gasteiger partial charge in [0.15, 0.2) is 0 Å². The highest BCUT2D eigenvalue weighted by atomic mass is 16.5. The zero-order valence-corrected chi connectivity index (χ0v) is 22.4. The lowest BCUT2D eigenvalue weighted by Crippen LogP contribution is -2.57. The van der Waals surface area contributed by atoms with Crippen molar-refractivity contribution in [1.29, 1.82) is 0 Å². The van der Waals surface area contributed by atoms with Crippen molar-refractivity contribution >= 4 is 18.2 Å². The van der Waals surface area contributed by atoms with Gasteiger partial charge in [0.05, 0.1) is 18.2 Å². The number of carbonyl (C=O) groups is 3. The van der Waals surface area contributed by atoms with Gasteiger partial charge in [0, 0.05) is 30.3 Å². The second kappa shape index (κ2) is 12.9. The van der Waals surface area contributed by atoms with Crippen LogP contribution in [0.25, 0.3) is 11.3 Å². The highest BCUT2D eigenvalue weighted by Gasteiger charge is 2.38. The molecule has 1 saturated heterocycles. The lowest BCUT2D eigenvalue weighted by atomic mass is 9.84. The largest absolute Gasteiger partial charge is 0.344 e. The number of likely N-dealkylation sites (tertiary alicyclic amines) is 1. The highest BCUT2D eigenvalue weighted by molar-refractivity contribution is 5.89. The second-order valence-electron chi connectivity index (χ2n) is 11.0. The molecule has 9 nitrogen and oxygen atoms in total. The first kappa shape index (κ1) is 28.4. The number of aromatic amines is 1. The van der Waals surface area contributed by atoms with E-state index in [-0.39, 0.29) is 24.3 Å². The molecule has 202 valence electrons. The molecule has 0 spiro atoms. The third kappa shape index (κ3) is 7.64. The van der Waals surface area contributed by atoms with Crippen molar-refractivity contribution in [3.05, 3.63) is 42.1 Å². The van der Waals surface area contributed by atoms with E-state index in [1.54, 1.807) is 0 Å². The summed E-state index contributed by atoms with van der Waals surface area (Å²) in [6.45, 7) is 8.92. The fourth-order valence-electron chi connectivity index (χ4n) is 4.83. The molecule has 1 aliphatic heterocycles. The molecule has 3 rings (SSSR count). The monoisotopic (exact) mass is 511 g/mol. The molecule has 0 aliphatic carbocycles. The lowest BCUT2D eigenvalue weighted by molar-refractivity contribution is -0.155. The zero-order valence-electron chi connectivity index (χ0n) is 22.4. The maximum atomic E-state index is 13.6. The van der Waals surface area contributed by atoms with Gasteiger partial charge >= 0.3 is 0 Å². The number of H-pyrrole nitrogens is 1. The Bertz CT molecular complexity index is 1020. The van der Waals surface area contributed by atoms with E-state index >= 15 is 0 Å². The number of piperidine rings is 1. The minimum Gasteiger partial charge on any atom is -0.344 e. The van der Waals surface area contributed by atoms with Crippen molar-refractivity contribution in [2.24, 2.45) is 11.3 Å². The molecule has 0 saturated carbocycles. The molecule has 1 aromatic heterocycles. The number of nitrogens with zero attached hydrogens (tertiary/aromatic N) is 3. The van der Waals surface area contributed by atoms with Crippen LogP contribution in [0.2, 0.25) is 0 Å². The molecule has 0 radical (unpaired) electrons. The van der Waals surface area contributed by atoms with Gasteiger partial charge in [-0.1, -0.05) is 70.9 Å². The van der Waals surface area contributed by atoms with Crippen LogP contribution in [0.15, 0.2) is 36.4 Å². The van der Waals surface area contributed by atoms with Crippen molar-refractivity contribution in [2.75, 3.05) is 19.6 Å². The molecule has 2 heterocycles. The van der Waals surface area contributed by atoms with E-state index in [0.29, 0.717) is 31.0 Å². The summed E-state index contributed by atoms with van der Waals surface area (Å²) < 4.78 is 0. The predicted molar refractivity (Wildman–Crippen MR) is 142 cm³/mol. The Morgan fingerprint density at radius 1 is 1.24 bits per heavy atom. The van der Waals surface area contributed by atoms with Crippen molar-refractivity contribution in [3.63, 3.8) is 0 Å². The second-order valence-corrected chi connectivity index (χ2v) is 11.0. The number of amides is 3. The predicted octanol–water partition coefficient (Wildman–Crippen LogP) is 3.97. The average Bonchev–Trinajstić information content (AvgIpc) is 3.39. The summed E-state index contributed by atoms with van der Waals surface area (Å²) in [5.74, 6) is -0.713. The van der Waals surface area contributed by atoms with Gasteiger partial charge in [-0.25, -0.2) is 5.06 Å². The molecule has 1 fully saturated rings. The molecule has 9 heteroatoms. The molecule has 1 aliphatic rings. The maximum absolute atomic E-state index is 13.6. The first-order valence-electron chi connectivity index (χ1n) is 13.2. The Labute approximate surface area is 219 Å². The fourth-order valence-corrected chi connectivity index (χ4v) is 4.83. The zero-order chi connectivity index (χ0) is 27.0. The maximum Gasteiger partial charge on any atom is 0.245 e. The van der Waals surface area contributed by atoms with Crippen LogP contribution in [0, 0.1) is 11.3 Å². The summed E-state index contributed by atoms with van der Waals surface area (Å²) in [7, 11) is 0. The van der Waals surface area contributed by atoms with E-state index in [0.717, 1.165) is 42.6 Å². The average molecular weight is 512 g/mol. The minimum absolute atomic E-state index is 0.0963. The molecule has 1 aromatic carbocycles. The molecule has 0 bridgehead atoms. The van der Waals surface area contributed by atoms with Gasteiger partial charge in [-0.3, -0.25) is 24.7 Å². The number of rotatable bonds is 11. The summed E-state index contributed by atoms with van der Waals surface area (Å²) >= 11 is 0. The van der Waals surface area contributed by atoms with Crippen LogP contribution >= 0.6 is 0 Å². The summed E-state index contributed by atoms with van der Waals surface area (Å²) in [6.07, 6.45) is 4.11. The summed E-state index contributed by atoms with van der Waals surface area (Å²) in [5, 5.41) is 20.8. The van der Waals surface area contributed by atoms with Gasteiger partial charge in [0.2, 0.25) is 18.2 Å². The molecule has 37 heavy (non-hydrogen) atoms. The minimum atomic E-state index is -0.708. The number of unbranched alkanes of at least 4 members (excludes halogenated alkanes) is 1. The van der Waals surface area contributed by atoms with Crippen molar-refractivity contribution in [1.82, 2.24) is 25.5 Å². The van der Waals surface area contributed by atoms with Gasteiger partial charge in [-0.15, -0.1) is 0 Å². The molecular formula is C28H41N5O4. The van der Waals surface area contributed by atoms with E-state index in [2.05, 4.69) is 21.6 Å². The Morgan fingerprint density at radius 3 is 2.51 bits per heavy atom. The summed E-state index contributed by atoms with van der Waals surface area (Å²) in [4.78, 5) is 39.5. The van der Waals surface area contributed by atoms with Crippen molar-refractivity contribution < 1.29 is 19.6 Å². The third-order valence-corrected chi connectivity index (χ3v) is 7.12. The molecule has 0 unspecified atom stereocenters. The molecule has 3 amide bonds. The standard InChI is InChI=1S/C28H41N5O4/c1-5-6-10-22(18-33(37)19-34)26(35)29-25(28(2,3)4)27(36)32-15-13-21(14-16-32)24-17-23(30-31-24)20-11-8-7-9-12-20/h7-9,11-12,17,19,21-22,25,37H,5-6,10,13-16,18H2,1-4H3,(H,29,35)(H,30,31)/t22-,25-/m1/s1. The Balaban J connectivity index is 1.64. The molecule has 3 N–H and O–H groups in total. The van der Waals surface area contributed by atoms with Gasteiger partial charge in [-0.05, 0) is 30.7 Å². The Kier molecular flexibility index (Phi) is 9.86. The topological polar surface area (TPSA) is 119 Å². The van der Waals surface area contributed by atoms with Crippen molar-refractivity contribution in [2.45, 2.75) is 71.8 Å². The molecule has 2 atom stereocenters. The number of nitrogens with one attached hydrogen (secondary N) is 2. The van der Waals surface area contributed by atoms with E-state index in [4.69, 9.17) is 0 Å². The van der Waals surface area contributed by atoms with Crippen LogP contribution in [0.3, 0.4) is 0 Å². The van der Waals surface area contributed by atoms with Crippen molar-refractivity contribution in [3.8, 4) is 11.3 Å². The smallest absolute Gasteiger partial charge is 0.245 e. The van der Waals surface area contributed by atoms with Crippen LogP contribution in [0.5, 0.6) is 0 Å². The van der Waals surface area contributed by atoms with E-state index in [1.165, 1.54) is 0 Å². The van der Waals surface area contributed by atoms with Crippen LogP contribution in [0.1, 0.15) is 71.4 Å². The number of carbonyl (C=O) groups excluding carboxylic acids is 3. The van der Waals surface area contributed by atoms with Crippen LogP contribution < -0.4 is 5.32 Å². The summed E-state index contributed by atoms with van der Waals surface area (Å²) in [6, 6.07) is 11.4. The Morgan fingerprint density at radius 2 is 1.92 bits per heavy atom. The number of benzene rings is 1. The van der Waals surface area contributed by atoms with Crippen LogP contribution in [0.4, 0.5) is 0 Å². The normalized spacial score (nSPS) is 16.2. The first-order chi connectivity index (χ1) is 17.6. The van der Waals surface area contributed by atoms with Crippen LogP contribution in [-0.2, 0) is 14.4 Å². The number of hydrogen-bond acceptors (Lipinski definition) is 5. The van der Waals surface area contributed by atoms with Gasteiger partial charge in [0.1, 0.15) is 6.04 Å². The quantitative estimate of drug-likeness (QED) is 0.240. The highest BCUT2D eigenvalue weighted by Crippen LogP contribution is 2.31. The third-order valence-electron chi connectivity index (χ3n) is 7.12. The summed E-state index contributed by atoms with van der Waals surface area (Å²) in [5.41, 5.74) is 2.56. The van der Waals surface area contributed by atoms with E-state index in [1.807, 2.05) is 62.9 Å². The van der Waals surface area contributed by atoms with E-state index in [9.17, 15) is 19.6 Å². The fraction of sp³-hybridized carbons (Fsp3) is 0.571. The van der Waals surface area contributed by atoms with Gasteiger partial charge < -0.3 is 10.2 Å².